The number of ether oxygens (including phenoxy) is 1. The van der Waals surface area contributed by atoms with Crippen molar-refractivity contribution in [2.45, 2.75) is 32.8 Å². The Morgan fingerprint density at radius 2 is 1.50 bits per heavy atom. The van der Waals surface area contributed by atoms with Gasteiger partial charge in [0.2, 0.25) is 0 Å². The van der Waals surface area contributed by atoms with Gasteiger partial charge < -0.3 is 4.74 Å². The van der Waals surface area contributed by atoms with E-state index in [0.717, 1.165) is 11.1 Å². The SMILES string of the molecule is CC(C)c1ccccc1C(=O)OC(C)c1ccccc1. The Morgan fingerprint density at radius 1 is 0.900 bits per heavy atom. The third-order valence-corrected chi connectivity index (χ3v) is 3.36. The molecule has 104 valence electrons. The molecule has 0 amide bonds. The second-order valence-corrected chi connectivity index (χ2v) is 5.20. The molecule has 1 unspecified atom stereocenters. The lowest BCUT2D eigenvalue weighted by molar-refractivity contribution is 0.0336. The Balaban J connectivity index is 2.17. The normalized spacial score (nSPS) is 12.2. The van der Waals surface area contributed by atoms with Crippen LogP contribution in [0.15, 0.2) is 54.6 Å². The lowest BCUT2D eigenvalue weighted by Gasteiger charge is -2.16. The summed E-state index contributed by atoms with van der Waals surface area (Å²) in [4.78, 5) is 12.3. The molecule has 0 aliphatic rings. The molecule has 0 N–H and O–H groups in total. The van der Waals surface area contributed by atoms with Gasteiger partial charge in [-0.25, -0.2) is 4.79 Å². The summed E-state index contributed by atoms with van der Waals surface area (Å²) in [5.74, 6) is 0.0384. The van der Waals surface area contributed by atoms with Crippen molar-refractivity contribution in [3.05, 3.63) is 71.3 Å². The van der Waals surface area contributed by atoms with Gasteiger partial charge in [0, 0.05) is 0 Å². The van der Waals surface area contributed by atoms with Gasteiger partial charge in [0.25, 0.3) is 0 Å². The van der Waals surface area contributed by atoms with Crippen molar-refractivity contribution in [1.29, 1.82) is 0 Å². The van der Waals surface area contributed by atoms with Gasteiger partial charge in [-0.15, -0.1) is 0 Å². The third-order valence-electron chi connectivity index (χ3n) is 3.36. The number of hydrogen-bond acceptors (Lipinski definition) is 2. The van der Waals surface area contributed by atoms with Gasteiger partial charge in [0.15, 0.2) is 0 Å². The molecule has 0 aliphatic heterocycles. The zero-order chi connectivity index (χ0) is 14.5. The first kappa shape index (κ1) is 14.3. The summed E-state index contributed by atoms with van der Waals surface area (Å²) in [7, 11) is 0. The summed E-state index contributed by atoms with van der Waals surface area (Å²) in [6.07, 6.45) is -0.246. The number of carbonyl (C=O) groups excluding carboxylic acids is 1. The molecule has 0 fully saturated rings. The van der Waals surface area contributed by atoms with Gasteiger partial charge in [-0.1, -0.05) is 62.4 Å². The topological polar surface area (TPSA) is 26.3 Å². The van der Waals surface area contributed by atoms with E-state index < -0.39 is 0 Å². The molecule has 0 aromatic heterocycles. The average molecular weight is 268 g/mol. The second-order valence-electron chi connectivity index (χ2n) is 5.20. The molecule has 0 heterocycles. The van der Waals surface area contributed by atoms with Crippen molar-refractivity contribution in [1.82, 2.24) is 0 Å². The second kappa shape index (κ2) is 6.38. The Kier molecular flexibility index (Phi) is 4.57. The molecule has 0 bridgehead atoms. The molecule has 2 aromatic rings. The Labute approximate surface area is 120 Å². The molecule has 2 heteroatoms. The monoisotopic (exact) mass is 268 g/mol. The van der Waals surface area contributed by atoms with Crippen molar-refractivity contribution in [2.24, 2.45) is 0 Å². The lowest BCUT2D eigenvalue weighted by Crippen LogP contribution is -2.12. The molecular weight excluding hydrogens is 248 g/mol. The van der Waals surface area contributed by atoms with E-state index in [-0.39, 0.29) is 12.1 Å². The molecule has 2 aromatic carbocycles. The van der Waals surface area contributed by atoms with Crippen LogP contribution in [0.2, 0.25) is 0 Å². The van der Waals surface area contributed by atoms with Crippen LogP contribution in [0.3, 0.4) is 0 Å². The standard InChI is InChI=1S/C18H20O2/c1-13(2)16-11-7-8-12-17(16)18(19)20-14(3)15-9-5-4-6-10-15/h4-14H,1-3H3. The van der Waals surface area contributed by atoms with Gasteiger partial charge in [0.05, 0.1) is 5.56 Å². The number of benzene rings is 2. The minimum atomic E-state index is -0.259. The van der Waals surface area contributed by atoms with Crippen LogP contribution < -0.4 is 0 Å². The van der Waals surface area contributed by atoms with Crippen LogP contribution in [-0.4, -0.2) is 5.97 Å². The Bertz CT molecular complexity index is 573. The minimum absolute atomic E-state index is 0.246. The quantitative estimate of drug-likeness (QED) is 0.749. The summed E-state index contributed by atoms with van der Waals surface area (Å²) >= 11 is 0. The first-order chi connectivity index (χ1) is 9.59. The van der Waals surface area contributed by atoms with E-state index in [4.69, 9.17) is 4.74 Å². The minimum Gasteiger partial charge on any atom is -0.454 e. The van der Waals surface area contributed by atoms with Gasteiger partial charge in [0.1, 0.15) is 6.10 Å². The molecule has 20 heavy (non-hydrogen) atoms. The molecule has 2 rings (SSSR count). The van der Waals surface area contributed by atoms with E-state index in [0.29, 0.717) is 11.5 Å². The zero-order valence-corrected chi connectivity index (χ0v) is 12.2. The first-order valence-electron chi connectivity index (χ1n) is 6.94. The van der Waals surface area contributed by atoms with E-state index in [1.807, 2.05) is 61.5 Å². The van der Waals surface area contributed by atoms with Gasteiger partial charge in [-0.3, -0.25) is 0 Å². The maximum absolute atomic E-state index is 12.3. The fraction of sp³-hybridized carbons (Fsp3) is 0.278. The highest BCUT2D eigenvalue weighted by molar-refractivity contribution is 5.91. The number of esters is 1. The molecule has 0 saturated carbocycles. The summed E-state index contributed by atoms with van der Waals surface area (Å²) in [6, 6.07) is 17.4. The zero-order valence-electron chi connectivity index (χ0n) is 12.2. The van der Waals surface area contributed by atoms with Crippen LogP contribution in [-0.2, 0) is 4.74 Å². The highest BCUT2D eigenvalue weighted by Crippen LogP contribution is 2.23. The van der Waals surface area contributed by atoms with Crippen molar-refractivity contribution >= 4 is 5.97 Å². The maximum atomic E-state index is 12.3. The average Bonchev–Trinajstić information content (AvgIpc) is 2.48. The summed E-state index contributed by atoms with van der Waals surface area (Å²) in [5.41, 5.74) is 2.69. The van der Waals surface area contributed by atoms with Crippen LogP contribution in [0.1, 0.15) is 54.3 Å². The molecular formula is C18H20O2. The van der Waals surface area contributed by atoms with Crippen molar-refractivity contribution in [3.8, 4) is 0 Å². The highest BCUT2D eigenvalue weighted by atomic mass is 16.5. The maximum Gasteiger partial charge on any atom is 0.339 e. The number of hydrogen-bond donors (Lipinski definition) is 0. The first-order valence-corrected chi connectivity index (χ1v) is 6.94. The molecule has 0 aliphatic carbocycles. The van der Waals surface area contributed by atoms with Crippen LogP contribution in [0.25, 0.3) is 0 Å². The fourth-order valence-electron chi connectivity index (χ4n) is 2.20. The van der Waals surface area contributed by atoms with E-state index in [1.54, 1.807) is 0 Å². The molecule has 1 atom stereocenters. The van der Waals surface area contributed by atoms with Crippen molar-refractivity contribution in [2.75, 3.05) is 0 Å². The molecule has 0 radical (unpaired) electrons. The number of carbonyl (C=O) groups is 1. The predicted molar refractivity (Wildman–Crippen MR) is 80.8 cm³/mol. The van der Waals surface area contributed by atoms with E-state index in [9.17, 15) is 4.79 Å². The number of rotatable bonds is 4. The summed E-state index contributed by atoms with van der Waals surface area (Å²) < 4.78 is 5.57. The molecule has 0 spiro atoms. The van der Waals surface area contributed by atoms with Crippen LogP contribution in [0.4, 0.5) is 0 Å². The Morgan fingerprint density at radius 3 is 2.15 bits per heavy atom. The molecule has 0 saturated heterocycles. The molecule has 2 nitrogen and oxygen atoms in total. The smallest absolute Gasteiger partial charge is 0.339 e. The Hall–Kier alpha value is -2.09. The predicted octanol–water partition coefficient (Wildman–Crippen LogP) is 4.73. The summed E-state index contributed by atoms with van der Waals surface area (Å²) in [5, 5.41) is 0. The van der Waals surface area contributed by atoms with Gasteiger partial charge >= 0.3 is 5.97 Å². The van der Waals surface area contributed by atoms with E-state index in [1.165, 1.54) is 0 Å². The fourth-order valence-corrected chi connectivity index (χ4v) is 2.20. The van der Waals surface area contributed by atoms with Crippen LogP contribution >= 0.6 is 0 Å². The van der Waals surface area contributed by atoms with Crippen molar-refractivity contribution < 1.29 is 9.53 Å². The lowest BCUT2D eigenvalue weighted by atomic mass is 9.97. The van der Waals surface area contributed by atoms with Crippen molar-refractivity contribution in [3.63, 3.8) is 0 Å². The highest BCUT2D eigenvalue weighted by Gasteiger charge is 2.17. The van der Waals surface area contributed by atoms with Crippen LogP contribution in [0, 0.1) is 0 Å². The van der Waals surface area contributed by atoms with E-state index >= 15 is 0 Å². The van der Waals surface area contributed by atoms with Crippen LogP contribution in [0.5, 0.6) is 0 Å². The van der Waals surface area contributed by atoms with Gasteiger partial charge in [-0.2, -0.15) is 0 Å². The van der Waals surface area contributed by atoms with E-state index in [2.05, 4.69) is 13.8 Å². The summed E-state index contributed by atoms with van der Waals surface area (Å²) in [6.45, 7) is 6.05. The van der Waals surface area contributed by atoms with Gasteiger partial charge in [-0.05, 0) is 30.0 Å². The third kappa shape index (κ3) is 3.27. The largest absolute Gasteiger partial charge is 0.454 e.